The highest BCUT2D eigenvalue weighted by molar-refractivity contribution is 4.84. The largest absolute Gasteiger partial charge is 0.329 e. The highest BCUT2D eigenvalue weighted by Crippen LogP contribution is 2.16. The van der Waals surface area contributed by atoms with Crippen LogP contribution in [0.25, 0.3) is 0 Å². The third-order valence-corrected chi connectivity index (χ3v) is 4.21. The van der Waals surface area contributed by atoms with Crippen molar-refractivity contribution < 1.29 is 0 Å². The van der Waals surface area contributed by atoms with Crippen molar-refractivity contribution in [1.29, 1.82) is 0 Å². The van der Waals surface area contributed by atoms with Gasteiger partial charge in [-0.3, -0.25) is 0 Å². The molecular formula is C15H34N4. The van der Waals surface area contributed by atoms with Gasteiger partial charge in [0.05, 0.1) is 0 Å². The lowest BCUT2D eigenvalue weighted by Crippen LogP contribution is -2.60. The van der Waals surface area contributed by atoms with E-state index in [0.717, 1.165) is 26.2 Å². The smallest absolute Gasteiger partial charge is 0.0420 e. The van der Waals surface area contributed by atoms with Crippen LogP contribution in [0.3, 0.4) is 0 Å². The van der Waals surface area contributed by atoms with Gasteiger partial charge in [-0.05, 0) is 20.4 Å². The van der Waals surface area contributed by atoms with Gasteiger partial charge in [-0.15, -0.1) is 0 Å². The summed E-state index contributed by atoms with van der Waals surface area (Å²) in [6.45, 7) is 9.73. The fraction of sp³-hybridized carbons (Fsp3) is 1.00. The number of unbranched alkanes of at least 4 members (excludes halogenated alkanes) is 4. The van der Waals surface area contributed by atoms with Crippen LogP contribution in [0, 0.1) is 0 Å². The van der Waals surface area contributed by atoms with Crippen LogP contribution in [-0.2, 0) is 0 Å². The highest BCUT2D eigenvalue weighted by atomic mass is 15.5. The molecule has 0 aromatic heterocycles. The van der Waals surface area contributed by atoms with Crippen molar-refractivity contribution in [2.75, 3.05) is 39.8 Å². The lowest BCUT2D eigenvalue weighted by molar-refractivity contribution is 0.0567. The first-order valence-electron chi connectivity index (χ1n) is 8.01. The van der Waals surface area contributed by atoms with E-state index in [1.54, 1.807) is 0 Å². The van der Waals surface area contributed by atoms with Crippen LogP contribution in [-0.4, -0.2) is 55.2 Å². The molecule has 19 heavy (non-hydrogen) atoms. The number of likely N-dealkylation sites (N-methyl/N-ethyl adjacent to an activating group) is 1. The summed E-state index contributed by atoms with van der Waals surface area (Å²) >= 11 is 0. The molecule has 0 radical (unpaired) electrons. The molecule has 1 heterocycles. The molecule has 4 heteroatoms. The average molecular weight is 270 g/mol. The van der Waals surface area contributed by atoms with E-state index in [-0.39, 0.29) is 5.54 Å². The molecule has 3 N–H and O–H groups in total. The fourth-order valence-electron chi connectivity index (χ4n) is 2.62. The number of nitrogens with zero attached hydrogens (tertiary/aromatic N) is 2. The molecule has 4 nitrogen and oxygen atoms in total. The van der Waals surface area contributed by atoms with Crippen LogP contribution in [0.4, 0.5) is 0 Å². The molecule has 1 aliphatic rings. The van der Waals surface area contributed by atoms with Gasteiger partial charge < -0.3 is 10.6 Å². The minimum atomic E-state index is 0.0716. The molecule has 0 spiro atoms. The SMILES string of the molecule is CCCCCCCC(C)(CN)NN1CCN(C)CC1. The lowest BCUT2D eigenvalue weighted by Gasteiger charge is -2.40. The molecule has 1 atom stereocenters. The maximum absolute atomic E-state index is 5.99. The van der Waals surface area contributed by atoms with E-state index in [9.17, 15) is 0 Å². The number of nitrogens with two attached hydrogens (primary N) is 1. The lowest BCUT2D eigenvalue weighted by atomic mass is 9.94. The first-order valence-corrected chi connectivity index (χ1v) is 8.01. The van der Waals surface area contributed by atoms with Gasteiger partial charge in [0.25, 0.3) is 0 Å². The van der Waals surface area contributed by atoms with Gasteiger partial charge in [-0.25, -0.2) is 10.4 Å². The van der Waals surface area contributed by atoms with E-state index in [1.807, 2.05) is 0 Å². The standard InChI is InChI=1S/C15H34N4/c1-4-5-6-7-8-9-15(2,14-16)17-19-12-10-18(3)11-13-19/h17H,4-14,16H2,1-3H3. The van der Waals surface area contributed by atoms with Crippen LogP contribution in [0.2, 0.25) is 0 Å². The molecule has 1 aliphatic heterocycles. The molecule has 0 amide bonds. The molecule has 0 saturated carbocycles. The van der Waals surface area contributed by atoms with Gasteiger partial charge >= 0.3 is 0 Å². The van der Waals surface area contributed by atoms with Crippen LogP contribution in [0.1, 0.15) is 52.4 Å². The molecule has 1 fully saturated rings. The van der Waals surface area contributed by atoms with E-state index in [0.29, 0.717) is 6.54 Å². The van der Waals surface area contributed by atoms with Crippen molar-refractivity contribution in [2.24, 2.45) is 5.73 Å². The highest BCUT2D eigenvalue weighted by Gasteiger charge is 2.25. The van der Waals surface area contributed by atoms with E-state index < -0.39 is 0 Å². The molecule has 1 rings (SSSR count). The minimum absolute atomic E-state index is 0.0716. The van der Waals surface area contributed by atoms with E-state index in [2.05, 4.69) is 36.2 Å². The predicted octanol–water partition coefficient (Wildman–Crippen LogP) is 1.82. The van der Waals surface area contributed by atoms with Gasteiger partial charge in [-0.2, -0.15) is 0 Å². The summed E-state index contributed by atoms with van der Waals surface area (Å²) in [5.41, 5.74) is 9.74. The zero-order valence-corrected chi connectivity index (χ0v) is 13.2. The average Bonchev–Trinajstić information content (AvgIpc) is 2.41. The summed E-state index contributed by atoms with van der Waals surface area (Å²) in [5, 5.41) is 2.36. The normalized spacial score (nSPS) is 21.5. The second-order valence-electron chi connectivity index (χ2n) is 6.33. The number of nitrogens with one attached hydrogen (secondary N) is 1. The Morgan fingerprint density at radius 2 is 1.68 bits per heavy atom. The Balaban J connectivity index is 2.25. The Kier molecular flexibility index (Phi) is 7.91. The van der Waals surface area contributed by atoms with Gasteiger partial charge in [0.15, 0.2) is 0 Å². The molecule has 0 aliphatic carbocycles. The van der Waals surface area contributed by atoms with Gasteiger partial charge in [0, 0.05) is 38.3 Å². The molecule has 1 saturated heterocycles. The predicted molar refractivity (Wildman–Crippen MR) is 83.0 cm³/mol. The molecule has 1 unspecified atom stereocenters. The summed E-state index contributed by atoms with van der Waals surface area (Å²) in [4.78, 5) is 2.38. The number of hydrazine groups is 1. The van der Waals surface area contributed by atoms with Gasteiger partial charge in [-0.1, -0.05) is 39.0 Å². The zero-order valence-electron chi connectivity index (χ0n) is 13.2. The maximum Gasteiger partial charge on any atom is 0.0420 e. The van der Waals surface area contributed by atoms with Crippen LogP contribution in [0.5, 0.6) is 0 Å². The Labute approximate surface area is 119 Å². The molecule has 0 aromatic carbocycles. The first kappa shape index (κ1) is 16.9. The third-order valence-electron chi connectivity index (χ3n) is 4.21. The van der Waals surface area contributed by atoms with Gasteiger partial charge in [0.1, 0.15) is 0 Å². The summed E-state index contributed by atoms with van der Waals surface area (Å²) in [7, 11) is 2.19. The van der Waals surface area contributed by atoms with E-state index >= 15 is 0 Å². The Bertz CT molecular complexity index is 226. The van der Waals surface area contributed by atoms with Crippen LogP contribution >= 0.6 is 0 Å². The van der Waals surface area contributed by atoms with Crippen molar-refractivity contribution in [3.05, 3.63) is 0 Å². The first-order chi connectivity index (χ1) is 9.09. The molecule has 0 bridgehead atoms. The molecule has 114 valence electrons. The number of rotatable bonds is 9. The Morgan fingerprint density at radius 3 is 2.26 bits per heavy atom. The third kappa shape index (κ3) is 6.70. The van der Waals surface area contributed by atoms with Crippen molar-refractivity contribution in [2.45, 2.75) is 57.9 Å². The number of hydrogen-bond acceptors (Lipinski definition) is 4. The van der Waals surface area contributed by atoms with Crippen molar-refractivity contribution >= 4 is 0 Å². The monoisotopic (exact) mass is 270 g/mol. The topological polar surface area (TPSA) is 44.5 Å². The number of hydrogen-bond donors (Lipinski definition) is 2. The quantitative estimate of drug-likeness (QED) is 0.627. The fourth-order valence-corrected chi connectivity index (χ4v) is 2.62. The number of piperazine rings is 1. The minimum Gasteiger partial charge on any atom is -0.329 e. The van der Waals surface area contributed by atoms with E-state index in [4.69, 9.17) is 5.73 Å². The van der Waals surface area contributed by atoms with Crippen LogP contribution in [0.15, 0.2) is 0 Å². The van der Waals surface area contributed by atoms with Crippen LogP contribution < -0.4 is 11.2 Å². The summed E-state index contributed by atoms with van der Waals surface area (Å²) in [5.74, 6) is 0. The molecule has 0 aromatic rings. The zero-order chi connectivity index (χ0) is 14.1. The van der Waals surface area contributed by atoms with E-state index in [1.165, 1.54) is 38.5 Å². The summed E-state index contributed by atoms with van der Waals surface area (Å²) < 4.78 is 0. The van der Waals surface area contributed by atoms with Gasteiger partial charge in [0.2, 0.25) is 0 Å². The summed E-state index contributed by atoms with van der Waals surface area (Å²) in [6.07, 6.45) is 7.85. The summed E-state index contributed by atoms with van der Waals surface area (Å²) in [6, 6.07) is 0. The van der Waals surface area contributed by atoms with Crippen molar-refractivity contribution in [3.8, 4) is 0 Å². The molecular weight excluding hydrogens is 236 g/mol. The van der Waals surface area contributed by atoms with Crippen molar-refractivity contribution in [1.82, 2.24) is 15.3 Å². The Morgan fingerprint density at radius 1 is 1.05 bits per heavy atom. The second kappa shape index (κ2) is 8.90. The van der Waals surface area contributed by atoms with Crippen molar-refractivity contribution in [3.63, 3.8) is 0 Å². The Hall–Kier alpha value is -0.160. The second-order valence-corrected chi connectivity index (χ2v) is 6.33. The maximum atomic E-state index is 5.99.